The summed E-state index contributed by atoms with van der Waals surface area (Å²) >= 11 is 5.96. The SMILES string of the molecule is COc1ccc(Cl)cc1NC(=O)CN(C)C1CCNCC1. The Bertz CT molecular complexity index is 490. The van der Waals surface area contributed by atoms with Gasteiger partial charge >= 0.3 is 0 Å². The van der Waals surface area contributed by atoms with Crippen molar-refractivity contribution in [1.82, 2.24) is 10.2 Å². The van der Waals surface area contributed by atoms with Crippen LogP contribution in [0.1, 0.15) is 12.8 Å². The van der Waals surface area contributed by atoms with Crippen LogP contribution in [0.4, 0.5) is 5.69 Å². The maximum atomic E-state index is 12.2. The molecule has 6 heteroatoms. The number of benzene rings is 1. The minimum absolute atomic E-state index is 0.0587. The Morgan fingerprint density at radius 3 is 2.86 bits per heavy atom. The second-order valence-electron chi connectivity index (χ2n) is 5.29. The Morgan fingerprint density at radius 2 is 2.19 bits per heavy atom. The van der Waals surface area contributed by atoms with E-state index in [1.54, 1.807) is 25.3 Å². The standard InChI is InChI=1S/C15H22ClN3O2/c1-19(12-5-7-17-8-6-12)10-15(20)18-13-9-11(16)3-4-14(13)21-2/h3-4,9,12,17H,5-8,10H2,1-2H3,(H,18,20). The molecular weight excluding hydrogens is 290 g/mol. The maximum Gasteiger partial charge on any atom is 0.238 e. The molecule has 2 N–H and O–H groups in total. The third kappa shape index (κ3) is 4.59. The Labute approximate surface area is 130 Å². The van der Waals surface area contributed by atoms with Crippen molar-refractivity contribution in [1.29, 1.82) is 0 Å². The van der Waals surface area contributed by atoms with Gasteiger partial charge in [0, 0.05) is 11.1 Å². The van der Waals surface area contributed by atoms with Crippen LogP contribution in [0.3, 0.4) is 0 Å². The van der Waals surface area contributed by atoms with Crippen molar-refractivity contribution in [2.75, 3.05) is 39.1 Å². The number of piperidine rings is 1. The van der Waals surface area contributed by atoms with E-state index in [4.69, 9.17) is 16.3 Å². The molecule has 1 amide bonds. The number of methoxy groups -OCH3 is 1. The van der Waals surface area contributed by atoms with E-state index in [2.05, 4.69) is 15.5 Å². The molecule has 116 valence electrons. The molecule has 1 saturated heterocycles. The molecule has 2 rings (SSSR count). The van der Waals surface area contributed by atoms with Crippen molar-refractivity contribution in [3.05, 3.63) is 23.2 Å². The highest BCUT2D eigenvalue weighted by molar-refractivity contribution is 6.31. The van der Waals surface area contributed by atoms with Crippen LogP contribution in [-0.4, -0.2) is 50.6 Å². The summed E-state index contributed by atoms with van der Waals surface area (Å²) in [6.45, 7) is 2.39. The van der Waals surface area contributed by atoms with Gasteiger partial charge in [-0.1, -0.05) is 11.6 Å². The van der Waals surface area contributed by atoms with Gasteiger partial charge in [0.05, 0.1) is 19.3 Å². The van der Waals surface area contributed by atoms with Gasteiger partial charge in [0.25, 0.3) is 0 Å². The predicted molar refractivity (Wildman–Crippen MR) is 85.2 cm³/mol. The van der Waals surface area contributed by atoms with Gasteiger partial charge in [-0.3, -0.25) is 9.69 Å². The minimum Gasteiger partial charge on any atom is -0.495 e. The molecule has 0 saturated carbocycles. The van der Waals surface area contributed by atoms with Gasteiger partial charge in [-0.2, -0.15) is 0 Å². The predicted octanol–water partition coefficient (Wildman–Crippen LogP) is 1.97. The summed E-state index contributed by atoms with van der Waals surface area (Å²) in [4.78, 5) is 14.3. The number of hydrogen-bond acceptors (Lipinski definition) is 4. The van der Waals surface area contributed by atoms with Gasteiger partial charge in [-0.15, -0.1) is 0 Å². The fraction of sp³-hybridized carbons (Fsp3) is 0.533. The van der Waals surface area contributed by atoms with E-state index in [0.29, 0.717) is 29.0 Å². The van der Waals surface area contributed by atoms with Crippen LogP contribution in [0.2, 0.25) is 5.02 Å². The number of nitrogens with one attached hydrogen (secondary N) is 2. The molecule has 1 aromatic rings. The first-order valence-electron chi connectivity index (χ1n) is 7.14. The smallest absolute Gasteiger partial charge is 0.238 e. The lowest BCUT2D eigenvalue weighted by Crippen LogP contribution is -2.44. The summed E-state index contributed by atoms with van der Waals surface area (Å²) < 4.78 is 5.23. The highest BCUT2D eigenvalue weighted by Crippen LogP contribution is 2.27. The second kappa shape index (κ2) is 7.64. The van der Waals surface area contributed by atoms with Crippen LogP contribution in [0.5, 0.6) is 5.75 Å². The van der Waals surface area contributed by atoms with E-state index in [1.807, 2.05) is 7.05 Å². The lowest BCUT2D eigenvalue weighted by molar-refractivity contribution is -0.117. The largest absolute Gasteiger partial charge is 0.495 e. The van der Waals surface area contributed by atoms with E-state index in [1.165, 1.54) is 0 Å². The number of likely N-dealkylation sites (N-methyl/N-ethyl adjacent to an activating group) is 1. The van der Waals surface area contributed by atoms with Crippen LogP contribution in [0.15, 0.2) is 18.2 Å². The first-order chi connectivity index (χ1) is 10.1. The van der Waals surface area contributed by atoms with E-state index >= 15 is 0 Å². The second-order valence-corrected chi connectivity index (χ2v) is 5.73. The van der Waals surface area contributed by atoms with Gasteiger partial charge in [-0.05, 0) is 51.2 Å². The molecule has 1 heterocycles. The van der Waals surface area contributed by atoms with Crippen molar-refractivity contribution in [3.8, 4) is 5.75 Å². The number of anilines is 1. The molecule has 5 nitrogen and oxygen atoms in total. The van der Waals surface area contributed by atoms with Crippen molar-refractivity contribution in [2.24, 2.45) is 0 Å². The number of ether oxygens (including phenoxy) is 1. The molecule has 0 spiro atoms. The Morgan fingerprint density at radius 1 is 1.48 bits per heavy atom. The van der Waals surface area contributed by atoms with Crippen LogP contribution >= 0.6 is 11.6 Å². The highest BCUT2D eigenvalue weighted by atomic mass is 35.5. The molecule has 0 atom stereocenters. The van der Waals surface area contributed by atoms with Crippen LogP contribution in [0.25, 0.3) is 0 Å². The van der Waals surface area contributed by atoms with Gasteiger partial charge in [-0.25, -0.2) is 0 Å². The molecule has 21 heavy (non-hydrogen) atoms. The Kier molecular flexibility index (Phi) is 5.85. The van der Waals surface area contributed by atoms with Crippen LogP contribution in [-0.2, 0) is 4.79 Å². The van der Waals surface area contributed by atoms with E-state index in [9.17, 15) is 4.79 Å². The molecule has 0 aliphatic carbocycles. The number of halogens is 1. The van der Waals surface area contributed by atoms with Crippen molar-refractivity contribution in [2.45, 2.75) is 18.9 Å². The molecule has 0 aromatic heterocycles. The number of carbonyl (C=O) groups is 1. The molecule has 1 fully saturated rings. The van der Waals surface area contributed by atoms with Gasteiger partial charge < -0.3 is 15.4 Å². The Balaban J connectivity index is 1.93. The third-order valence-electron chi connectivity index (χ3n) is 3.76. The minimum atomic E-state index is -0.0587. The number of hydrogen-bond donors (Lipinski definition) is 2. The number of amides is 1. The van der Waals surface area contributed by atoms with Crippen molar-refractivity contribution in [3.63, 3.8) is 0 Å². The maximum absolute atomic E-state index is 12.2. The van der Waals surface area contributed by atoms with E-state index in [-0.39, 0.29) is 5.91 Å². The zero-order valence-corrected chi connectivity index (χ0v) is 13.2. The quantitative estimate of drug-likeness (QED) is 0.873. The summed E-state index contributed by atoms with van der Waals surface area (Å²) in [6, 6.07) is 5.63. The molecule has 0 bridgehead atoms. The van der Waals surface area contributed by atoms with E-state index < -0.39 is 0 Å². The van der Waals surface area contributed by atoms with Gasteiger partial charge in [0.1, 0.15) is 5.75 Å². The first-order valence-corrected chi connectivity index (χ1v) is 7.52. The molecule has 1 aliphatic rings. The average molecular weight is 312 g/mol. The summed E-state index contributed by atoms with van der Waals surface area (Å²) in [7, 11) is 3.56. The number of rotatable bonds is 5. The summed E-state index contributed by atoms with van der Waals surface area (Å²) in [5.41, 5.74) is 0.605. The monoisotopic (exact) mass is 311 g/mol. The first kappa shape index (κ1) is 16.1. The lowest BCUT2D eigenvalue weighted by atomic mass is 10.1. The normalized spacial score (nSPS) is 16.0. The van der Waals surface area contributed by atoms with Crippen molar-refractivity contribution < 1.29 is 9.53 Å². The molecular formula is C15H22ClN3O2. The summed E-state index contributed by atoms with van der Waals surface area (Å²) in [6.07, 6.45) is 2.15. The van der Waals surface area contributed by atoms with Crippen LogP contribution < -0.4 is 15.4 Å². The number of nitrogens with zero attached hydrogens (tertiary/aromatic N) is 1. The molecule has 1 aliphatic heterocycles. The number of carbonyl (C=O) groups excluding carboxylic acids is 1. The van der Waals surface area contributed by atoms with Gasteiger partial charge in [0.2, 0.25) is 5.91 Å². The topological polar surface area (TPSA) is 53.6 Å². The average Bonchev–Trinajstić information content (AvgIpc) is 2.48. The zero-order valence-electron chi connectivity index (χ0n) is 12.5. The van der Waals surface area contributed by atoms with Crippen LogP contribution in [0, 0.1) is 0 Å². The molecule has 1 aromatic carbocycles. The molecule has 0 unspecified atom stereocenters. The Hall–Kier alpha value is -1.30. The summed E-state index contributed by atoms with van der Waals surface area (Å²) in [5.74, 6) is 0.550. The zero-order chi connectivity index (χ0) is 15.2. The summed E-state index contributed by atoms with van der Waals surface area (Å²) in [5, 5.41) is 6.76. The third-order valence-corrected chi connectivity index (χ3v) is 4.00. The van der Waals surface area contributed by atoms with Gasteiger partial charge in [0.15, 0.2) is 0 Å². The fourth-order valence-corrected chi connectivity index (χ4v) is 2.74. The lowest BCUT2D eigenvalue weighted by Gasteiger charge is -2.31. The fourth-order valence-electron chi connectivity index (χ4n) is 2.57. The highest BCUT2D eigenvalue weighted by Gasteiger charge is 2.20. The van der Waals surface area contributed by atoms with E-state index in [0.717, 1.165) is 25.9 Å². The van der Waals surface area contributed by atoms with Crippen molar-refractivity contribution >= 4 is 23.2 Å². The molecule has 0 radical (unpaired) electrons.